The summed E-state index contributed by atoms with van der Waals surface area (Å²) in [7, 11) is 0. The average Bonchev–Trinajstić information content (AvgIpc) is 2.54. The van der Waals surface area contributed by atoms with Crippen LogP contribution in [0.15, 0.2) is 24.3 Å². The Morgan fingerprint density at radius 3 is 2.81 bits per heavy atom. The first-order valence-corrected chi connectivity index (χ1v) is 6.01. The predicted octanol–water partition coefficient (Wildman–Crippen LogP) is 3.62. The van der Waals surface area contributed by atoms with Crippen molar-refractivity contribution in [3.8, 4) is 0 Å². The van der Waals surface area contributed by atoms with Crippen LogP contribution in [0.3, 0.4) is 0 Å². The number of nitrogens with zero attached hydrogens (tertiary/aromatic N) is 1. The predicted molar refractivity (Wildman–Crippen MR) is 64.8 cm³/mol. The van der Waals surface area contributed by atoms with Crippen molar-refractivity contribution < 1.29 is 4.39 Å². The summed E-state index contributed by atoms with van der Waals surface area (Å²) in [6.45, 7) is 8.88. The molecule has 0 bridgehead atoms. The van der Waals surface area contributed by atoms with Gasteiger partial charge in [0.25, 0.3) is 0 Å². The minimum Gasteiger partial charge on any atom is -0.296 e. The molecule has 1 aliphatic heterocycles. The lowest BCUT2D eigenvalue weighted by Crippen LogP contribution is -2.25. The smallest absolute Gasteiger partial charge is 0.123 e. The maximum absolute atomic E-state index is 13.2. The molecule has 1 aromatic rings. The zero-order chi connectivity index (χ0) is 11.8. The van der Waals surface area contributed by atoms with Crippen molar-refractivity contribution in [2.75, 3.05) is 13.1 Å². The number of benzene rings is 1. The van der Waals surface area contributed by atoms with Gasteiger partial charge in [-0.1, -0.05) is 32.9 Å². The highest BCUT2D eigenvalue weighted by molar-refractivity contribution is 5.22. The number of hydrogen-bond donors (Lipinski definition) is 0. The molecule has 1 fully saturated rings. The fourth-order valence-electron chi connectivity index (χ4n) is 2.75. The second-order valence-electron chi connectivity index (χ2n) is 5.50. The molecule has 0 aliphatic carbocycles. The summed E-state index contributed by atoms with van der Waals surface area (Å²) in [6, 6.07) is 7.42. The molecule has 88 valence electrons. The van der Waals surface area contributed by atoms with E-state index in [-0.39, 0.29) is 5.82 Å². The molecule has 0 spiro atoms. The van der Waals surface area contributed by atoms with Gasteiger partial charge in [0.15, 0.2) is 0 Å². The van der Waals surface area contributed by atoms with E-state index in [2.05, 4.69) is 25.7 Å². The topological polar surface area (TPSA) is 3.24 Å². The van der Waals surface area contributed by atoms with Gasteiger partial charge in [-0.25, -0.2) is 4.39 Å². The zero-order valence-corrected chi connectivity index (χ0v) is 10.3. The lowest BCUT2D eigenvalue weighted by Gasteiger charge is -2.23. The first kappa shape index (κ1) is 11.6. The van der Waals surface area contributed by atoms with Gasteiger partial charge >= 0.3 is 0 Å². The van der Waals surface area contributed by atoms with Crippen LogP contribution >= 0.6 is 0 Å². The number of rotatable bonds is 2. The quantitative estimate of drug-likeness (QED) is 0.737. The van der Waals surface area contributed by atoms with Crippen LogP contribution in [0.2, 0.25) is 0 Å². The van der Waals surface area contributed by atoms with Crippen LogP contribution in [0, 0.1) is 11.2 Å². The maximum atomic E-state index is 13.2. The standard InChI is InChI=1S/C14H20FN/c1-4-16-10-14(2,3)9-13(16)11-6-5-7-12(15)8-11/h5-8,13H,4,9-10H2,1-3H3. The van der Waals surface area contributed by atoms with Crippen LogP contribution in [0.1, 0.15) is 38.8 Å². The van der Waals surface area contributed by atoms with Crippen LogP contribution in [0.25, 0.3) is 0 Å². The number of halogens is 1. The Morgan fingerprint density at radius 2 is 2.19 bits per heavy atom. The molecule has 0 radical (unpaired) electrons. The monoisotopic (exact) mass is 221 g/mol. The molecule has 0 amide bonds. The van der Waals surface area contributed by atoms with E-state index in [0.29, 0.717) is 11.5 Å². The molecule has 0 aromatic heterocycles. The summed E-state index contributed by atoms with van der Waals surface area (Å²) in [5, 5.41) is 0. The highest BCUT2D eigenvalue weighted by atomic mass is 19.1. The average molecular weight is 221 g/mol. The summed E-state index contributed by atoms with van der Waals surface area (Å²) < 4.78 is 13.2. The molecular weight excluding hydrogens is 201 g/mol. The second kappa shape index (κ2) is 4.17. The van der Waals surface area contributed by atoms with E-state index in [0.717, 1.165) is 25.1 Å². The fourth-order valence-corrected chi connectivity index (χ4v) is 2.75. The first-order chi connectivity index (χ1) is 7.52. The van der Waals surface area contributed by atoms with Crippen molar-refractivity contribution in [1.29, 1.82) is 0 Å². The Balaban J connectivity index is 2.26. The largest absolute Gasteiger partial charge is 0.296 e. The number of likely N-dealkylation sites (tertiary alicyclic amines) is 1. The van der Waals surface area contributed by atoms with E-state index in [9.17, 15) is 4.39 Å². The fraction of sp³-hybridized carbons (Fsp3) is 0.571. The Kier molecular flexibility index (Phi) is 3.02. The van der Waals surface area contributed by atoms with Crippen LogP contribution in [0.4, 0.5) is 4.39 Å². The molecule has 1 heterocycles. The molecule has 1 nitrogen and oxygen atoms in total. The summed E-state index contributed by atoms with van der Waals surface area (Å²) in [4.78, 5) is 2.44. The van der Waals surface area contributed by atoms with Crippen LogP contribution in [0.5, 0.6) is 0 Å². The van der Waals surface area contributed by atoms with Crippen LogP contribution in [-0.2, 0) is 0 Å². The molecule has 2 rings (SSSR count). The van der Waals surface area contributed by atoms with Crippen molar-refractivity contribution >= 4 is 0 Å². The molecule has 0 saturated carbocycles. The Labute approximate surface area is 97.3 Å². The highest BCUT2D eigenvalue weighted by Gasteiger charge is 2.37. The second-order valence-corrected chi connectivity index (χ2v) is 5.50. The lowest BCUT2D eigenvalue weighted by atomic mass is 9.89. The number of hydrogen-bond acceptors (Lipinski definition) is 1. The minimum atomic E-state index is -0.127. The summed E-state index contributed by atoms with van der Waals surface area (Å²) >= 11 is 0. The van der Waals surface area contributed by atoms with E-state index >= 15 is 0 Å². The Hall–Kier alpha value is -0.890. The molecule has 2 heteroatoms. The van der Waals surface area contributed by atoms with Gasteiger partial charge in [0.1, 0.15) is 5.82 Å². The van der Waals surface area contributed by atoms with Gasteiger partial charge in [-0.2, -0.15) is 0 Å². The lowest BCUT2D eigenvalue weighted by molar-refractivity contribution is 0.257. The molecule has 0 N–H and O–H groups in total. The summed E-state index contributed by atoms with van der Waals surface area (Å²) in [6.07, 6.45) is 1.12. The van der Waals surface area contributed by atoms with Crippen LogP contribution in [-0.4, -0.2) is 18.0 Å². The molecule has 1 aromatic carbocycles. The maximum Gasteiger partial charge on any atom is 0.123 e. The normalized spacial score (nSPS) is 24.9. The SMILES string of the molecule is CCN1CC(C)(C)CC1c1cccc(F)c1. The first-order valence-electron chi connectivity index (χ1n) is 6.01. The van der Waals surface area contributed by atoms with Crippen molar-refractivity contribution in [3.05, 3.63) is 35.6 Å². The van der Waals surface area contributed by atoms with Gasteiger partial charge in [-0.05, 0) is 36.1 Å². The van der Waals surface area contributed by atoms with E-state index in [4.69, 9.17) is 0 Å². The third kappa shape index (κ3) is 2.27. The Morgan fingerprint density at radius 1 is 1.44 bits per heavy atom. The van der Waals surface area contributed by atoms with Crippen molar-refractivity contribution in [1.82, 2.24) is 4.90 Å². The highest BCUT2D eigenvalue weighted by Crippen LogP contribution is 2.42. The van der Waals surface area contributed by atoms with Crippen molar-refractivity contribution in [2.24, 2.45) is 5.41 Å². The van der Waals surface area contributed by atoms with Gasteiger partial charge in [0.2, 0.25) is 0 Å². The van der Waals surface area contributed by atoms with E-state index in [1.54, 1.807) is 6.07 Å². The molecule has 1 atom stereocenters. The van der Waals surface area contributed by atoms with E-state index < -0.39 is 0 Å². The molecular formula is C14H20FN. The molecule has 16 heavy (non-hydrogen) atoms. The van der Waals surface area contributed by atoms with Gasteiger partial charge in [0, 0.05) is 12.6 Å². The van der Waals surface area contributed by atoms with E-state index in [1.165, 1.54) is 6.07 Å². The van der Waals surface area contributed by atoms with Gasteiger partial charge in [-0.3, -0.25) is 4.90 Å². The van der Waals surface area contributed by atoms with E-state index in [1.807, 2.05) is 12.1 Å². The molecule has 1 unspecified atom stereocenters. The zero-order valence-electron chi connectivity index (χ0n) is 10.3. The van der Waals surface area contributed by atoms with Gasteiger partial charge in [0.05, 0.1) is 0 Å². The van der Waals surface area contributed by atoms with Crippen molar-refractivity contribution in [3.63, 3.8) is 0 Å². The van der Waals surface area contributed by atoms with Crippen molar-refractivity contribution in [2.45, 2.75) is 33.2 Å². The minimum absolute atomic E-state index is 0.127. The molecule has 1 saturated heterocycles. The summed E-state index contributed by atoms with van der Waals surface area (Å²) in [5.41, 5.74) is 1.46. The molecule has 1 aliphatic rings. The summed E-state index contributed by atoms with van der Waals surface area (Å²) in [5.74, 6) is -0.127. The van der Waals surface area contributed by atoms with Gasteiger partial charge < -0.3 is 0 Å². The third-order valence-electron chi connectivity index (χ3n) is 3.46. The Bertz CT molecular complexity index is 373. The van der Waals surface area contributed by atoms with Crippen LogP contribution < -0.4 is 0 Å². The van der Waals surface area contributed by atoms with Gasteiger partial charge in [-0.15, -0.1) is 0 Å². The third-order valence-corrected chi connectivity index (χ3v) is 3.46.